The molecule has 3 aromatic rings. The van der Waals surface area contributed by atoms with E-state index in [2.05, 4.69) is 16.9 Å². The number of unbranched alkanes of at least 4 members (excludes halogenated alkanes) is 2. The Kier molecular flexibility index (Phi) is 4.28. The fourth-order valence-electron chi connectivity index (χ4n) is 2.48. The number of nitrogens with zero attached hydrogens (tertiary/aromatic N) is 1. The lowest BCUT2D eigenvalue weighted by Crippen LogP contribution is -1.98. The Hall–Kier alpha value is -2.49. The van der Waals surface area contributed by atoms with Gasteiger partial charge in [-0.15, -0.1) is 0 Å². The van der Waals surface area contributed by atoms with Gasteiger partial charge < -0.3 is 15.5 Å². The number of imidazole rings is 1. The average molecular weight is 295 g/mol. The summed E-state index contributed by atoms with van der Waals surface area (Å²) in [6.45, 7) is 2.92. The topological polar surface area (TPSA) is 63.9 Å². The van der Waals surface area contributed by atoms with E-state index in [1.54, 1.807) is 0 Å². The van der Waals surface area contributed by atoms with Crippen LogP contribution in [-0.2, 0) is 0 Å². The third kappa shape index (κ3) is 3.06. The second kappa shape index (κ2) is 6.52. The van der Waals surface area contributed by atoms with Crippen molar-refractivity contribution in [2.24, 2.45) is 0 Å². The van der Waals surface area contributed by atoms with Crippen molar-refractivity contribution in [3.05, 3.63) is 42.5 Å². The van der Waals surface area contributed by atoms with E-state index in [4.69, 9.17) is 10.5 Å². The summed E-state index contributed by atoms with van der Waals surface area (Å²) < 4.78 is 5.93. The predicted molar refractivity (Wildman–Crippen MR) is 91.0 cm³/mol. The third-order valence-corrected chi connectivity index (χ3v) is 3.65. The molecule has 3 N–H and O–H groups in total. The molecule has 114 valence electrons. The van der Waals surface area contributed by atoms with Crippen LogP contribution in [0.4, 0.5) is 5.69 Å². The number of hydrogen-bond acceptors (Lipinski definition) is 3. The molecule has 4 heteroatoms. The molecule has 2 aromatic carbocycles. The summed E-state index contributed by atoms with van der Waals surface area (Å²) in [5.41, 5.74) is 9.38. The van der Waals surface area contributed by atoms with Crippen LogP contribution in [0.15, 0.2) is 42.5 Å². The van der Waals surface area contributed by atoms with Gasteiger partial charge in [0.05, 0.1) is 23.2 Å². The number of benzene rings is 2. The highest BCUT2D eigenvalue weighted by Crippen LogP contribution is 2.29. The van der Waals surface area contributed by atoms with Gasteiger partial charge in [-0.1, -0.05) is 31.9 Å². The standard InChI is InChI=1S/C18H21N3O/c1-2-3-6-11-22-17-8-5-4-7-14(17)18-20-15-10-9-13(19)12-16(15)21-18/h4-5,7-10,12H,2-3,6,11,19H2,1H3,(H,20,21). The van der Waals surface area contributed by atoms with Crippen molar-refractivity contribution in [2.75, 3.05) is 12.3 Å². The van der Waals surface area contributed by atoms with E-state index in [1.807, 2.05) is 42.5 Å². The molecule has 0 unspecified atom stereocenters. The SMILES string of the molecule is CCCCCOc1ccccc1-c1nc2ccc(N)cc2[nH]1. The molecule has 0 radical (unpaired) electrons. The molecule has 0 amide bonds. The number of nitrogens with one attached hydrogen (secondary N) is 1. The van der Waals surface area contributed by atoms with E-state index in [0.717, 1.165) is 46.9 Å². The maximum absolute atomic E-state index is 5.93. The number of fused-ring (bicyclic) bond motifs is 1. The number of nitrogen functional groups attached to an aromatic ring is 1. The van der Waals surface area contributed by atoms with E-state index in [1.165, 1.54) is 12.8 Å². The maximum Gasteiger partial charge on any atom is 0.142 e. The van der Waals surface area contributed by atoms with Crippen LogP contribution in [0, 0.1) is 0 Å². The van der Waals surface area contributed by atoms with Gasteiger partial charge in [0.25, 0.3) is 0 Å². The van der Waals surface area contributed by atoms with Crippen molar-refractivity contribution in [1.82, 2.24) is 9.97 Å². The molecule has 0 spiro atoms. The molecule has 0 aliphatic carbocycles. The minimum absolute atomic E-state index is 0.729. The molecule has 0 fully saturated rings. The van der Waals surface area contributed by atoms with Gasteiger partial charge in [0.2, 0.25) is 0 Å². The number of H-pyrrole nitrogens is 1. The van der Waals surface area contributed by atoms with E-state index in [-0.39, 0.29) is 0 Å². The lowest BCUT2D eigenvalue weighted by molar-refractivity contribution is 0.307. The molecule has 0 saturated carbocycles. The number of para-hydroxylation sites is 1. The summed E-state index contributed by atoms with van der Waals surface area (Å²) in [4.78, 5) is 7.96. The number of aromatic nitrogens is 2. The lowest BCUT2D eigenvalue weighted by atomic mass is 10.2. The molecule has 0 aliphatic rings. The largest absolute Gasteiger partial charge is 0.493 e. The molecule has 1 aromatic heterocycles. The highest BCUT2D eigenvalue weighted by atomic mass is 16.5. The quantitative estimate of drug-likeness (QED) is 0.524. The van der Waals surface area contributed by atoms with E-state index < -0.39 is 0 Å². The highest BCUT2D eigenvalue weighted by molar-refractivity contribution is 5.83. The first-order valence-electron chi connectivity index (χ1n) is 7.75. The summed E-state index contributed by atoms with van der Waals surface area (Å²) in [5.74, 6) is 1.68. The zero-order valence-electron chi connectivity index (χ0n) is 12.8. The van der Waals surface area contributed by atoms with Gasteiger partial charge in [-0.3, -0.25) is 0 Å². The summed E-state index contributed by atoms with van der Waals surface area (Å²) in [6, 6.07) is 13.7. The number of nitrogens with two attached hydrogens (primary N) is 1. The monoisotopic (exact) mass is 295 g/mol. The smallest absolute Gasteiger partial charge is 0.142 e. The summed E-state index contributed by atoms with van der Waals surface area (Å²) in [6.07, 6.45) is 3.45. The number of anilines is 1. The van der Waals surface area contributed by atoms with Crippen molar-refractivity contribution >= 4 is 16.7 Å². The Morgan fingerprint density at radius 3 is 2.86 bits per heavy atom. The van der Waals surface area contributed by atoms with Crippen molar-refractivity contribution in [1.29, 1.82) is 0 Å². The zero-order valence-corrected chi connectivity index (χ0v) is 12.8. The zero-order chi connectivity index (χ0) is 15.4. The number of rotatable bonds is 6. The van der Waals surface area contributed by atoms with Crippen LogP contribution in [0.5, 0.6) is 5.75 Å². The maximum atomic E-state index is 5.93. The van der Waals surface area contributed by atoms with Gasteiger partial charge in [-0.2, -0.15) is 0 Å². The molecule has 3 rings (SSSR count). The van der Waals surface area contributed by atoms with Gasteiger partial charge in [-0.05, 0) is 36.8 Å². The molecule has 0 saturated heterocycles. The van der Waals surface area contributed by atoms with E-state index in [0.29, 0.717) is 0 Å². The van der Waals surface area contributed by atoms with Gasteiger partial charge in [-0.25, -0.2) is 4.98 Å². The van der Waals surface area contributed by atoms with Crippen LogP contribution in [0.25, 0.3) is 22.4 Å². The van der Waals surface area contributed by atoms with Gasteiger partial charge >= 0.3 is 0 Å². The molecule has 22 heavy (non-hydrogen) atoms. The summed E-state index contributed by atoms with van der Waals surface area (Å²) >= 11 is 0. The van der Waals surface area contributed by atoms with Gasteiger partial charge in [0.1, 0.15) is 11.6 Å². The van der Waals surface area contributed by atoms with Crippen LogP contribution in [0.3, 0.4) is 0 Å². The number of hydrogen-bond donors (Lipinski definition) is 2. The minimum Gasteiger partial charge on any atom is -0.493 e. The van der Waals surface area contributed by atoms with Crippen LogP contribution in [0.1, 0.15) is 26.2 Å². The lowest BCUT2D eigenvalue weighted by Gasteiger charge is -2.09. The molecule has 0 bridgehead atoms. The molecular formula is C18H21N3O. The molecular weight excluding hydrogens is 274 g/mol. The second-order valence-corrected chi connectivity index (χ2v) is 5.41. The van der Waals surface area contributed by atoms with Gasteiger partial charge in [0.15, 0.2) is 0 Å². The number of aromatic amines is 1. The minimum atomic E-state index is 0.729. The molecule has 0 atom stereocenters. The van der Waals surface area contributed by atoms with Crippen molar-refractivity contribution in [3.8, 4) is 17.1 Å². The van der Waals surface area contributed by atoms with Crippen LogP contribution in [-0.4, -0.2) is 16.6 Å². The highest BCUT2D eigenvalue weighted by Gasteiger charge is 2.10. The van der Waals surface area contributed by atoms with E-state index >= 15 is 0 Å². The second-order valence-electron chi connectivity index (χ2n) is 5.41. The third-order valence-electron chi connectivity index (χ3n) is 3.65. The summed E-state index contributed by atoms with van der Waals surface area (Å²) in [7, 11) is 0. The van der Waals surface area contributed by atoms with Crippen LogP contribution < -0.4 is 10.5 Å². The fraction of sp³-hybridized carbons (Fsp3) is 0.278. The Morgan fingerprint density at radius 2 is 2.00 bits per heavy atom. The Bertz CT molecular complexity index is 764. The van der Waals surface area contributed by atoms with Crippen molar-refractivity contribution in [2.45, 2.75) is 26.2 Å². The molecule has 4 nitrogen and oxygen atoms in total. The first kappa shape index (κ1) is 14.4. The van der Waals surface area contributed by atoms with Crippen molar-refractivity contribution in [3.63, 3.8) is 0 Å². The Balaban J connectivity index is 1.89. The Labute approximate surface area is 130 Å². The molecule has 0 aliphatic heterocycles. The predicted octanol–water partition coefficient (Wildman–Crippen LogP) is 4.38. The normalized spacial score (nSPS) is 11.0. The average Bonchev–Trinajstić information content (AvgIpc) is 2.95. The van der Waals surface area contributed by atoms with Crippen LogP contribution >= 0.6 is 0 Å². The van der Waals surface area contributed by atoms with Gasteiger partial charge in [0, 0.05) is 5.69 Å². The Morgan fingerprint density at radius 1 is 1.14 bits per heavy atom. The first-order chi connectivity index (χ1) is 10.8. The number of ether oxygens (including phenoxy) is 1. The first-order valence-corrected chi connectivity index (χ1v) is 7.75. The summed E-state index contributed by atoms with van der Waals surface area (Å²) in [5, 5.41) is 0. The van der Waals surface area contributed by atoms with Crippen molar-refractivity contribution < 1.29 is 4.74 Å². The molecule has 1 heterocycles. The van der Waals surface area contributed by atoms with E-state index in [9.17, 15) is 0 Å². The van der Waals surface area contributed by atoms with Crippen LogP contribution in [0.2, 0.25) is 0 Å². The fourth-order valence-corrected chi connectivity index (χ4v) is 2.48.